The highest BCUT2D eigenvalue weighted by Crippen LogP contribution is 2.22. The summed E-state index contributed by atoms with van der Waals surface area (Å²) in [6, 6.07) is 8.69. The molecule has 1 aliphatic rings. The van der Waals surface area contributed by atoms with Crippen LogP contribution >= 0.6 is 11.8 Å². The van der Waals surface area contributed by atoms with Gasteiger partial charge in [-0.3, -0.25) is 0 Å². The van der Waals surface area contributed by atoms with Gasteiger partial charge in [-0.05, 0) is 44.1 Å². The molecule has 1 heterocycles. The van der Waals surface area contributed by atoms with Gasteiger partial charge in [0.1, 0.15) is 0 Å². The van der Waals surface area contributed by atoms with Crippen molar-refractivity contribution in [2.24, 2.45) is 0 Å². The van der Waals surface area contributed by atoms with E-state index in [1.165, 1.54) is 10.5 Å². The molecule has 0 saturated carbocycles. The third-order valence-corrected chi connectivity index (χ3v) is 6.99. The Morgan fingerprint density at radius 2 is 2.15 bits per heavy atom. The second kappa shape index (κ2) is 6.96. The van der Waals surface area contributed by atoms with Crippen LogP contribution in [0.25, 0.3) is 0 Å². The number of sulfone groups is 1. The Hall–Kier alpha value is -0.520. The molecule has 0 spiro atoms. The molecule has 0 aromatic heterocycles. The van der Waals surface area contributed by atoms with E-state index in [4.69, 9.17) is 0 Å². The lowest BCUT2D eigenvalue weighted by Crippen LogP contribution is -2.37. The summed E-state index contributed by atoms with van der Waals surface area (Å²) in [7, 11) is -2.84. The highest BCUT2D eigenvalue weighted by molar-refractivity contribution is 7.98. The van der Waals surface area contributed by atoms with Crippen molar-refractivity contribution < 1.29 is 8.42 Å². The van der Waals surface area contributed by atoms with Crippen LogP contribution in [0, 0.1) is 0 Å². The molecule has 0 bridgehead atoms. The van der Waals surface area contributed by atoms with E-state index in [0.29, 0.717) is 18.3 Å². The molecule has 1 fully saturated rings. The van der Waals surface area contributed by atoms with E-state index >= 15 is 0 Å². The average Bonchev–Trinajstić information content (AvgIpc) is 2.76. The second-order valence-electron chi connectivity index (χ2n) is 5.46. The number of thioether (sulfide) groups is 1. The first kappa shape index (κ1) is 15.9. The molecule has 0 unspecified atom stereocenters. The Morgan fingerprint density at radius 3 is 2.80 bits per heavy atom. The van der Waals surface area contributed by atoms with E-state index in [0.717, 1.165) is 19.3 Å². The molecule has 112 valence electrons. The molecule has 3 nitrogen and oxygen atoms in total. The summed E-state index contributed by atoms with van der Waals surface area (Å²) in [6.07, 6.45) is 4.65. The molecule has 2 atom stereocenters. The van der Waals surface area contributed by atoms with Crippen LogP contribution in [-0.4, -0.2) is 38.3 Å². The van der Waals surface area contributed by atoms with Gasteiger partial charge in [0.25, 0.3) is 0 Å². The molecule has 0 amide bonds. The third-order valence-electron chi connectivity index (χ3n) is 3.88. The van der Waals surface area contributed by atoms with E-state index in [9.17, 15) is 8.42 Å². The predicted octanol–water partition coefficient (Wildman–Crippen LogP) is 2.51. The molecule has 5 heteroatoms. The van der Waals surface area contributed by atoms with Gasteiger partial charge in [0.05, 0.1) is 11.0 Å². The minimum absolute atomic E-state index is 0.180. The van der Waals surface area contributed by atoms with Gasteiger partial charge in [0.2, 0.25) is 0 Å². The predicted molar refractivity (Wildman–Crippen MR) is 86.2 cm³/mol. The number of benzene rings is 1. The lowest BCUT2D eigenvalue weighted by molar-refractivity contribution is 0.520. The average molecular weight is 313 g/mol. The fourth-order valence-electron chi connectivity index (χ4n) is 2.69. The Kier molecular flexibility index (Phi) is 5.52. The number of nitrogens with one attached hydrogen (secondary N) is 1. The van der Waals surface area contributed by atoms with Crippen molar-refractivity contribution in [3.63, 3.8) is 0 Å². The zero-order valence-electron chi connectivity index (χ0n) is 12.1. The standard InChI is InChI=1S/C15H23NO2S2/c1-12(10-13-6-3-4-8-15(13)19-2)16-11-14-7-5-9-20(14,17)18/h3-4,6,8,12,14,16H,5,7,9-11H2,1-2H3/t12-,14+/m1/s1. The molecule has 1 saturated heterocycles. The lowest BCUT2D eigenvalue weighted by atomic mass is 10.1. The molecule has 2 rings (SSSR count). The molecular formula is C15H23NO2S2. The monoisotopic (exact) mass is 313 g/mol. The summed E-state index contributed by atoms with van der Waals surface area (Å²) >= 11 is 1.76. The minimum Gasteiger partial charge on any atom is -0.313 e. The maximum absolute atomic E-state index is 11.8. The Bertz CT molecular complexity index is 543. The fourth-order valence-corrected chi connectivity index (χ4v) is 5.10. The van der Waals surface area contributed by atoms with Crippen molar-refractivity contribution in [2.75, 3.05) is 18.6 Å². The van der Waals surface area contributed by atoms with E-state index in [-0.39, 0.29) is 5.25 Å². The van der Waals surface area contributed by atoms with Crippen molar-refractivity contribution in [3.05, 3.63) is 29.8 Å². The highest BCUT2D eigenvalue weighted by atomic mass is 32.2. The van der Waals surface area contributed by atoms with Crippen LogP contribution in [0.15, 0.2) is 29.2 Å². The first-order valence-corrected chi connectivity index (χ1v) is 10.0. The summed E-state index contributed by atoms with van der Waals surface area (Å²) in [5.41, 5.74) is 1.33. The number of hydrogen-bond donors (Lipinski definition) is 1. The number of hydrogen-bond acceptors (Lipinski definition) is 4. The summed E-state index contributed by atoms with van der Waals surface area (Å²) in [5.74, 6) is 0.364. The van der Waals surface area contributed by atoms with Gasteiger partial charge in [0, 0.05) is 17.5 Å². The summed E-state index contributed by atoms with van der Waals surface area (Å²) in [4.78, 5) is 1.30. The third kappa shape index (κ3) is 3.99. The van der Waals surface area contributed by atoms with Crippen LogP contribution in [0.3, 0.4) is 0 Å². The van der Waals surface area contributed by atoms with Gasteiger partial charge in [0.15, 0.2) is 9.84 Å². The lowest BCUT2D eigenvalue weighted by Gasteiger charge is -2.18. The molecule has 1 aliphatic heterocycles. The van der Waals surface area contributed by atoms with Gasteiger partial charge < -0.3 is 5.32 Å². The summed E-state index contributed by atoms with van der Waals surface area (Å²) < 4.78 is 23.6. The first-order chi connectivity index (χ1) is 9.53. The molecule has 1 N–H and O–H groups in total. The van der Waals surface area contributed by atoms with Crippen LogP contribution in [0.2, 0.25) is 0 Å². The van der Waals surface area contributed by atoms with Crippen molar-refractivity contribution in [3.8, 4) is 0 Å². The minimum atomic E-state index is -2.84. The fraction of sp³-hybridized carbons (Fsp3) is 0.600. The summed E-state index contributed by atoms with van der Waals surface area (Å²) in [6.45, 7) is 2.71. The zero-order valence-corrected chi connectivity index (χ0v) is 13.8. The van der Waals surface area contributed by atoms with Crippen LogP contribution in [0.4, 0.5) is 0 Å². The second-order valence-corrected chi connectivity index (χ2v) is 8.71. The normalized spacial score (nSPS) is 22.8. The van der Waals surface area contributed by atoms with E-state index in [1.807, 2.05) is 0 Å². The van der Waals surface area contributed by atoms with Crippen molar-refractivity contribution in [2.45, 2.75) is 42.4 Å². The molecule has 0 radical (unpaired) electrons. The first-order valence-electron chi connectivity index (χ1n) is 7.10. The van der Waals surface area contributed by atoms with Gasteiger partial charge >= 0.3 is 0 Å². The van der Waals surface area contributed by atoms with Gasteiger partial charge in [-0.15, -0.1) is 11.8 Å². The number of rotatable bonds is 6. The van der Waals surface area contributed by atoms with Crippen molar-refractivity contribution >= 4 is 21.6 Å². The van der Waals surface area contributed by atoms with Crippen LogP contribution in [0.5, 0.6) is 0 Å². The van der Waals surface area contributed by atoms with Crippen molar-refractivity contribution in [1.82, 2.24) is 5.32 Å². The quantitative estimate of drug-likeness (QED) is 0.820. The molecule has 1 aromatic carbocycles. The smallest absolute Gasteiger partial charge is 0.154 e. The van der Waals surface area contributed by atoms with E-state index in [2.05, 4.69) is 42.8 Å². The largest absolute Gasteiger partial charge is 0.313 e. The van der Waals surface area contributed by atoms with E-state index < -0.39 is 9.84 Å². The maximum Gasteiger partial charge on any atom is 0.154 e. The van der Waals surface area contributed by atoms with E-state index in [1.54, 1.807) is 11.8 Å². The molecule has 0 aliphatic carbocycles. The van der Waals surface area contributed by atoms with Crippen LogP contribution < -0.4 is 5.32 Å². The molecule has 20 heavy (non-hydrogen) atoms. The summed E-state index contributed by atoms with van der Waals surface area (Å²) in [5, 5.41) is 3.21. The Balaban J connectivity index is 1.88. The van der Waals surface area contributed by atoms with Crippen molar-refractivity contribution in [1.29, 1.82) is 0 Å². The van der Waals surface area contributed by atoms with Gasteiger partial charge in [-0.25, -0.2) is 8.42 Å². The Morgan fingerprint density at radius 1 is 1.40 bits per heavy atom. The van der Waals surface area contributed by atoms with Gasteiger partial charge in [-0.1, -0.05) is 18.2 Å². The maximum atomic E-state index is 11.8. The molecule has 1 aromatic rings. The topological polar surface area (TPSA) is 46.2 Å². The highest BCUT2D eigenvalue weighted by Gasteiger charge is 2.30. The Labute approximate surface area is 126 Å². The van der Waals surface area contributed by atoms with Crippen LogP contribution in [-0.2, 0) is 16.3 Å². The molecular weight excluding hydrogens is 290 g/mol. The SMILES string of the molecule is CSc1ccccc1C[C@@H](C)NC[C@@H]1CCCS1(=O)=O. The zero-order chi connectivity index (χ0) is 14.6. The van der Waals surface area contributed by atoms with Gasteiger partial charge in [-0.2, -0.15) is 0 Å². The van der Waals surface area contributed by atoms with Crippen LogP contribution in [0.1, 0.15) is 25.3 Å².